The Morgan fingerprint density at radius 1 is 1.15 bits per heavy atom. The van der Waals surface area contributed by atoms with Crippen LogP contribution in [0.1, 0.15) is 11.4 Å². The lowest BCUT2D eigenvalue weighted by Crippen LogP contribution is -1.88. The predicted octanol–water partition coefficient (Wildman–Crippen LogP) is 1.14. The SMILES string of the molecule is Cc1cnc(-c2nc(C)no2)nc1. The van der Waals surface area contributed by atoms with Gasteiger partial charge < -0.3 is 4.52 Å². The van der Waals surface area contributed by atoms with Gasteiger partial charge in [0.15, 0.2) is 5.82 Å². The van der Waals surface area contributed by atoms with E-state index in [1.807, 2.05) is 6.92 Å². The molecule has 0 bridgehead atoms. The van der Waals surface area contributed by atoms with Gasteiger partial charge in [0.2, 0.25) is 5.82 Å². The molecule has 0 N–H and O–H groups in total. The zero-order valence-electron chi connectivity index (χ0n) is 7.35. The quantitative estimate of drug-likeness (QED) is 0.651. The largest absolute Gasteiger partial charge is 0.330 e. The summed E-state index contributed by atoms with van der Waals surface area (Å²) < 4.78 is 4.90. The molecule has 0 saturated carbocycles. The molecule has 0 spiro atoms. The Morgan fingerprint density at radius 2 is 1.85 bits per heavy atom. The normalized spacial score (nSPS) is 10.3. The minimum absolute atomic E-state index is 0.359. The van der Waals surface area contributed by atoms with Crippen molar-refractivity contribution in [3.05, 3.63) is 23.8 Å². The van der Waals surface area contributed by atoms with E-state index >= 15 is 0 Å². The minimum atomic E-state index is 0.359. The van der Waals surface area contributed by atoms with Crippen molar-refractivity contribution in [1.82, 2.24) is 20.1 Å². The first kappa shape index (κ1) is 7.85. The lowest BCUT2D eigenvalue weighted by Gasteiger charge is -1.91. The average Bonchev–Trinajstić information content (AvgIpc) is 2.53. The van der Waals surface area contributed by atoms with Crippen molar-refractivity contribution in [3.8, 4) is 11.7 Å². The van der Waals surface area contributed by atoms with Gasteiger partial charge in [-0.25, -0.2) is 9.97 Å². The fourth-order valence-electron chi connectivity index (χ4n) is 0.891. The summed E-state index contributed by atoms with van der Waals surface area (Å²) in [4.78, 5) is 12.1. The van der Waals surface area contributed by atoms with Crippen LogP contribution in [-0.4, -0.2) is 20.1 Å². The molecule has 2 aromatic heterocycles. The Balaban J connectivity index is 2.41. The zero-order valence-corrected chi connectivity index (χ0v) is 7.35. The number of aromatic nitrogens is 4. The highest BCUT2D eigenvalue weighted by Gasteiger charge is 2.07. The van der Waals surface area contributed by atoms with Crippen molar-refractivity contribution in [2.24, 2.45) is 0 Å². The monoisotopic (exact) mass is 176 g/mol. The zero-order chi connectivity index (χ0) is 9.26. The van der Waals surface area contributed by atoms with Gasteiger partial charge in [-0.2, -0.15) is 4.98 Å². The third-order valence-corrected chi connectivity index (χ3v) is 1.50. The Morgan fingerprint density at radius 3 is 2.38 bits per heavy atom. The first-order valence-corrected chi connectivity index (χ1v) is 3.85. The van der Waals surface area contributed by atoms with Gasteiger partial charge in [-0.1, -0.05) is 5.16 Å². The van der Waals surface area contributed by atoms with Crippen LogP contribution in [0.5, 0.6) is 0 Å². The molecule has 0 aromatic carbocycles. The molecule has 0 aliphatic carbocycles. The smallest absolute Gasteiger partial charge is 0.295 e. The Labute approximate surface area is 74.8 Å². The van der Waals surface area contributed by atoms with Crippen LogP contribution in [0.4, 0.5) is 0 Å². The van der Waals surface area contributed by atoms with E-state index < -0.39 is 0 Å². The Bertz CT molecular complexity index is 406. The van der Waals surface area contributed by atoms with Gasteiger partial charge in [-0.3, -0.25) is 0 Å². The molecule has 2 rings (SSSR count). The molecule has 0 amide bonds. The first-order chi connectivity index (χ1) is 6.25. The standard InChI is InChI=1S/C8H8N4O/c1-5-3-9-7(10-4-5)8-11-6(2)12-13-8/h3-4H,1-2H3. The van der Waals surface area contributed by atoms with Gasteiger partial charge in [-0.15, -0.1) is 0 Å². The summed E-state index contributed by atoms with van der Waals surface area (Å²) in [5.74, 6) is 1.41. The summed E-state index contributed by atoms with van der Waals surface area (Å²) >= 11 is 0. The van der Waals surface area contributed by atoms with Crippen LogP contribution in [0.25, 0.3) is 11.7 Å². The number of aryl methyl sites for hydroxylation is 2. The van der Waals surface area contributed by atoms with Crippen molar-refractivity contribution < 1.29 is 4.52 Å². The second-order valence-electron chi connectivity index (χ2n) is 2.73. The molecule has 0 fully saturated rings. The maximum Gasteiger partial charge on any atom is 0.295 e. The number of nitrogens with zero attached hydrogens (tertiary/aromatic N) is 4. The average molecular weight is 176 g/mol. The van der Waals surface area contributed by atoms with Gasteiger partial charge in [0.25, 0.3) is 5.89 Å². The highest BCUT2D eigenvalue weighted by Crippen LogP contribution is 2.10. The van der Waals surface area contributed by atoms with Gasteiger partial charge in [0.05, 0.1) is 0 Å². The molecule has 0 aliphatic heterocycles. The second kappa shape index (κ2) is 2.93. The Kier molecular flexibility index (Phi) is 1.77. The fourth-order valence-corrected chi connectivity index (χ4v) is 0.891. The third-order valence-electron chi connectivity index (χ3n) is 1.50. The van der Waals surface area contributed by atoms with Crippen molar-refractivity contribution in [1.29, 1.82) is 0 Å². The topological polar surface area (TPSA) is 64.7 Å². The maximum absolute atomic E-state index is 4.90. The van der Waals surface area contributed by atoms with E-state index in [0.29, 0.717) is 17.5 Å². The molecule has 0 radical (unpaired) electrons. The van der Waals surface area contributed by atoms with E-state index in [2.05, 4.69) is 20.1 Å². The molecular weight excluding hydrogens is 168 g/mol. The second-order valence-corrected chi connectivity index (χ2v) is 2.73. The minimum Gasteiger partial charge on any atom is -0.330 e. The molecule has 5 nitrogen and oxygen atoms in total. The lowest BCUT2D eigenvalue weighted by atomic mass is 10.4. The van der Waals surface area contributed by atoms with Crippen molar-refractivity contribution in [2.45, 2.75) is 13.8 Å². The summed E-state index contributed by atoms with van der Waals surface area (Å²) in [5.41, 5.74) is 1.000. The summed E-state index contributed by atoms with van der Waals surface area (Å²) in [6, 6.07) is 0. The number of hydrogen-bond acceptors (Lipinski definition) is 5. The molecule has 2 aromatic rings. The maximum atomic E-state index is 4.90. The van der Waals surface area contributed by atoms with Crippen LogP contribution < -0.4 is 0 Å². The molecule has 5 heteroatoms. The van der Waals surface area contributed by atoms with Crippen LogP contribution in [0, 0.1) is 13.8 Å². The third kappa shape index (κ3) is 1.53. The summed E-state index contributed by atoms with van der Waals surface area (Å²) in [6.45, 7) is 3.67. The predicted molar refractivity (Wildman–Crippen MR) is 44.8 cm³/mol. The summed E-state index contributed by atoms with van der Waals surface area (Å²) in [5, 5.41) is 3.65. The van der Waals surface area contributed by atoms with Gasteiger partial charge in [-0.05, 0) is 19.4 Å². The van der Waals surface area contributed by atoms with Crippen LogP contribution in [0.3, 0.4) is 0 Å². The molecule has 13 heavy (non-hydrogen) atoms. The van der Waals surface area contributed by atoms with Crippen molar-refractivity contribution in [2.75, 3.05) is 0 Å². The first-order valence-electron chi connectivity index (χ1n) is 3.85. The molecule has 0 saturated heterocycles. The Hall–Kier alpha value is -1.78. The molecule has 66 valence electrons. The van der Waals surface area contributed by atoms with E-state index in [4.69, 9.17) is 4.52 Å². The molecule has 0 aliphatic rings. The molecule has 2 heterocycles. The van der Waals surface area contributed by atoms with Crippen LogP contribution in [0.2, 0.25) is 0 Å². The van der Waals surface area contributed by atoms with Crippen LogP contribution in [-0.2, 0) is 0 Å². The molecular formula is C8H8N4O. The number of rotatable bonds is 1. The van der Waals surface area contributed by atoms with E-state index in [1.165, 1.54) is 0 Å². The van der Waals surface area contributed by atoms with Crippen molar-refractivity contribution >= 4 is 0 Å². The lowest BCUT2D eigenvalue weighted by molar-refractivity contribution is 0.423. The number of hydrogen-bond donors (Lipinski definition) is 0. The van der Waals surface area contributed by atoms with E-state index in [1.54, 1.807) is 19.3 Å². The van der Waals surface area contributed by atoms with Gasteiger partial charge in [0.1, 0.15) is 0 Å². The van der Waals surface area contributed by atoms with Gasteiger partial charge in [0, 0.05) is 12.4 Å². The highest BCUT2D eigenvalue weighted by molar-refractivity contribution is 5.38. The van der Waals surface area contributed by atoms with Crippen molar-refractivity contribution in [3.63, 3.8) is 0 Å². The highest BCUT2D eigenvalue weighted by atomic mass is 16.5. The van der Waals surface area contributed by atoms with Crippen LogP contribution in [0.15, 0.2) is 16.9 Å². The van der Waals surface area contributed by atoms with E-state index in [-0.39, 0.29) is 0 Å². The summed E-state index contributed by atoms with van der Waals surface area (Å²) in [7, 11) is 0. The van der Waals surface area contributed by atoms with E-state index in [9.17, 15) is 0 Å². The van der Waals surface area contributed by atoms with Gasteiger partial charge >= 0.3 is 0 Å². The van der Waals surface area contributed by atoms with Crippen LogP contribution >= 0.6 is 0 Å². The molecule has 0 atom stereocenters. The molecule has 0 unspecified atom stereocenters. The summed E-state index contributed by atoms with van der Waals surface area (Å²) in [6.07, 6.45) is 3.42. The fraction of sp³-hybridized carbons (Fsp3) is 0.250. The van der Waals surface area contributed by atoms with E-state index in [0.717, 1.165) is 5.56 Å².